The van der Waals surface area contributed by atoms with Crippen molar-refractivity contribution in [1.29, 1.82) is 0 Å². The predicted octanol–water partition coefficient (Wildman–Crippen LogP) is 0.0395. The van der Waals surface area contributed by atoms with Gasteiger partial charge in [-0.1, -0.05) is 11.8 Å². The van der Waals surface area contributed by atoms with E-state index in [1.54, 1.807) is 38.1 Å². The van der Waals surface area contributed by atoms with E-state index in [2.05, 4.69) is 29.0 Å². The number of hydrogen-bond donors (Lipinski definition) is 4. The average molecular weight is 398 g/mol. The molecule has 4 atom stereocenters. The number of aliphatic hydroxyl groups excluding tert-OH is 2. The molecular weight excluding hydrogens is 372 g/mol. The molecular formula is C22H26N2O5. The highest BCUT2D eigenvalue weighted by atomic mass is 16.5. The van der Waals surface area contributed by atoms with Crippen LogP contribution in [-0.2, 0) is 9.53 Å². The third-order valence-electron chi connectivity index (χ3n) is 4.85. The molecule has 0 saturated heterocycles. The summed E-state index contributed by atoms with van der Waals surface area (Å²) in [6.45, 7) is 3.17. The Hall–Kier alpha value is -2.84. The fourth-order valence-electron chi connectivity index (χ4n) is 2.92. The predicted molar refractivity (Wildman–Crippen MR) is 107 cm³/mol. The zero-order valence-electron chi connectivity index (χ0n) is 16.7. The fraction of sp³-hybridized carbons (Fsp3) is 0.455. The normalized spacial score (nSPS) is 21.4. The largest absolute Gasteiger partial charge is 0.467 e. The van der Waals surface area contributed by atoms with Gasteiger partial charge in [0.2, 0.25) is 0 Å². The number of ether oxygens (including phenoxy) is 1. The molecule has 0 radical (unpaired) electrons. The Bertz CT molecular complexity index is 865. The van der Waals surface area contributed by atoms with E-state index in [1.807, 2.05) is 0 Å². The molecule has 154 valence electrons. The van der Waals surface area contributed by atoms with Crippen molar-refractivity contribution < 1.29 is 24.5 Å². The van der Waals surface area contributed by atoms with Gasteiger partial charge in [-0.3, -0.25) is 4.79 Å². The Kier molecular flexibility index (Phi) is 7.41. The average Bonchev–Trinajstić information content (AvgIpc) is 2.67. The van der Waals surface area contributed by atoms with Crippen LogP contribution in [0.15, 0.2) is 24.3 Å². The van der Waals surface area contributed by atoms with E-state index in [4.69, 9.17) is 15.6 Å². The van der Waals surface area contributed by atoms with Crippen LogP contribution in [-0.4, -0.2) is 53.5 Å². The molecule has 2 rings (SSSR count). The molecule has 0 aliphatic heterocycles. The van der Waals surface area contributed by atoms with Gasteiger partial charge in [0.25, 0.3) is 5.91 Å². The fourth-order valence-corrected chi connectivity index (χ4v) is 2.92. The van der Waals surface area contributed by atoms with E-state index in [0.29, 0.717) is 17.5 Å². The van der Waals surface area contributed by atoms with Gasteiger partial charge < -0.3 is 26.0 Å². The topological polar surface area (TPSA) is 122 Å². The second-order valence-electron chi connectivity index (χ2n) is 7.60. The van der Waals surface area contributed by atoms with Crippen molar-refractivity contribution >= 4 is 11.9 Å². The molecule has 5 N–H and O–H groups in total. The van der Waals surface area contributed by atoms with Gasteiger partial charge in [0.05, 0.1) is 13.2 Å². The molecule has 1 aliphatic carbocycles. The molecule has 29 heavy (non-hydrogen) atoms. The lowest BCUT2D eigenvalue weighted by Crippen LogP contribution is -2.59. The number of carbonyl (C=O) groups excluding carboxylic acids is 2. The third kappa shape index (κ3) is 5.82. The molecule has 0 heterocycles. The van der Waals surface area contributed by atoms with Gasteiger partial charge in [-0.25, -0.2) is 4.79 Å². The Morgan fingerprint density at radius 1 is 1.31 bits per heavy atom. The summed E-state index contributed by atoms with van der Waals surface area (Å²) in [7, 11) is 1.24. The summed E-state index contributed by atoms with van der Waals surface area (Å²) < 4.78 is 4.71. The number of methoxy groups -OCH3 is 1. The summed E-state index contributed by atoms with van der Waals surface area (Å²) >= 11 is 0. The molecule has 1 aromatic carbocycles. The van der Waals surface area contributed by atoms with Crippen LogP contribution in [0.5, 0.6) is 0 Å². The molecule has 1 fully saturated rings. The van der Waals surface area contributed by atoms with Crippen molar-refractivity contribution in [1.82, 2.24) is 5.32 Å². The Balaban J connectivity index is 2.00. The molecule has 7 heteroatoms. The molecule has 1 aromatic rings. The van der Waals surface area contributed by atoms with Crippen LogP contribution in [0.1, 0.15) is 36.2 Å². The number of nitrogens with one attached hydrogen (secondary N) is 1. The number of amides is 1. The Morgan fingerprint density at radius 2 is 1.97 bits per heavy atom. The number of hydrogen-bond acceptors (Lipinski definition) is 6. The van der Waals surface area contributed by atoms with Crippen LogP contribution in [0.3, 0.4) is 0 Å². The lowest BCUT2D eigenvalue weighted by Gasteiger charge is -2.37. The minimum Gasteiger partial charge on any atom is -0.467 e. The van der Waals surface area contributed by atoms with E-state index >= 15 is 0 Å². The van der Waals surface area contributed by atoms with Gasteiger partial charge in [-0.05, 0) is 56.4 Å². The summed E-state index contributed by atoms with van der Waals surface area (Å²) in [6.07, 6.45) is 0.0603. The van der Waals surface area contributed by atoms with Crippen molar-refractivity contribution in [2.75, 3.05) is 13.7 Å². The van der Waals surface area contributed by atoms with Gasteiger partial charge in [0.15, 0.2) is 0 Å². The number of carbonyl (C=O) groups is 2. The third-order valence-corrected chi connectivity index (χ3v) is 4.85. The van der Waals surface area contributed by atoms with Gasteiger partial charge in [-0.15, -0.1) is 0 Å². The van der Waals surface area contributed by atoms with Crippen LogP contribution < -0.4 is 11.1 Å². The van der Waals surface area contributed by atoms with Gasteiger partial charge in [-0.2, -0.15) is 0 Å². The lowest BCUT2D eigenvalue weighted by molar-refractivity contribution is -0.144. The standard InChI is InChI=1S/C22H26N2O5/c1-22(2,23)19(21(28)29-3)24-20(27)15-10-8-14(9-11-15)6-4-5-7-16-12-18(26)17(16)13-25/h8-11,16-19,25-26H,12-13,23H2,1-3H3,(H,24,27)/t16-,17-,18?,19+/m0/s1. The number of nitrogens with two attached hydrogens (primary N) is 1. The van der Waals surface area contributed by atoms with Crippen molar-refractivity contribution in [3.05, 3.63) is 35.4 Å². The van der Waals surface area contributed by atoms with E-state index in [-0.39, 0.29) is 18.4 Å². The molecule has 1 unspecified atom stereocenters. The Morgan fingerprint density at radius 3 is 2.48 bits per heavy atom. The first-order valence-corrected chi connectivity index (χ1v) is 9.25. The van der Waals surface area contributed by atoms with Crippen molar-refractivity contribution in [2.45, 2.75) is 38.0 Å². The highest BCUT2D eigenvalue weighted by Gasteiger charge is 2.38. The lowest BCUT2D eigenvalue weighted by atomic mass is 9.72. The SMILES string of the molecule is COC(=O)[C@@H](NC(=O)c1ccc(C#CC#C[C@H]2CC(O)[C@H]2CO)cc1)C(C)(C)N. The van der Waals surface area contributed by atoms with Crippen molar-refractivity contribution in [3.63, 3.8) is 0 Å². The summed E-state index contributed by atoms with van der Waals surface area (Å²) in [5.74, 6) is 9.99. The van der Waals surface area contributed by atoms with E-state index in [0.717, 1.165) is 0 Å². The molecule has 0 aromatic heterocycles. The van der Waals surface area contributed by atoms with E-state index < -0.39 is 29.6 Å². The van der Waals surface area contributed by atoms with Crippen LogP contribution in [0, 0.1) is 35.5 Å². The van der Waals surface area contributed by atoms with Gasteiger partial charge in [0.1, 0.15) is 6.04 Å². The van der Waals surface area contributed by atoms with E-state index in [1.165, 1.54) is 7.11 Å². The van der Waals surface area contributed by atoms with Gasteiger partial charge in [0, 0.05) is 35.1 Å². The van der Waals surface area contributed by atoms with E-state index in [9.17, 15) is 14.7 Å². The molecule has 0 spiro atoms. The first-order valence-electron chi connectivity index (χ1n) is 9.25. The minimum atomic E-state index is -0.988. The molecule has 7 nitrogen and oxygen atoms in total. The summed E-state index contributed by atoms with van der Waals surface area (Å²) in [4.78, 5) is 24.3. The first-order chi connectivity index (χ1) is 13.7. The minimum absolute atomic E-state index is 0.0371. The maximum absolute atomic E-state index is 12.4. The number of esters is 1. The summed E-state index contributed by atoms with van der Waals surface area (Å²) in [5.41, 5.74) is 6.00. The first kappa shape index (κ1) is 22.4. The quantitative estimate of drug-likeness (QED) is 0.410. The molecule has 1 aliphatic rings. The number of rotatable bonds is 5. The van der Waals surface area contributed by atoms with Crippen LogP contribution >= 0.6 is 0 Å². The second-order valence-corrected chi connectivity index (χ2v) is 7.60. The summed E-state index contributed by atoms with van der Waals surface area (Å²) in [6, 6.07) is 5.55. The van der Waals surface area contributed by atoms with Crippen LogP contribution in [0.4, 0.5) is 0 Å². The zero-order valence-corrected chi connectivity index (χ0v) is 16.7. The highest BCUT2D eigenvalue weighted by Crippen LogP contribution is 2.33. The monoisotopic (exact) mass is 398 g/mol. The maximum atomic E-state index is 12.4. The summed E-state index contributed by atoms with van der Waals surface area (Å²) in [5, 5.41) is 21.2. The van der Waals surface area contributed by atoms with Crippen LogP contribution in [0.2, 0.25) is 0 Å². The Labute approximate surface area is 170 Å². The van der Waals surface area contributed by atoms with Crippen molar-refractivity contribution in [3.8, 4) is 23.7 Å². The zero-order chi connectivity index (χ0) is 21.6. The maximum Gasteiger partial charge on any atom is 0.330 e. The second kappa shape index (κ2) is 9.58. The molecule has 1 amide bonds. The highest BCUT2D eigenvalue weighted by molar-refractivity contribution is 5.97. The van der Waals surface area contributed by atoms with Gasteiger partial charge >= 0.3 is 5.97 Å². The number of aliphatic hydroxyl groups is 2. The molecule has 0 bridgehead atoms. The molecule has 1 saturated carbocycles. The smallest absolute Gasteiger partial charge is 0.330 e. The van der Waals surface area contributed by atoms with Crippen molar-refractivity contribution in [2.24, 2.45) is 17.6 Å². The van der Waals surface area contributed by atoms with Crippen LogP contribution in [0.25, 0.3) is 0 Å². The number of benzene rings is 1.